The van der Waals surface area contributed by atoms with Crippen LogP contribution in [0, 0.1) is 0 Å². The van der Waals surface area contributed by atoms with Gasteiger partial charge in [-0.05, 0) is 43.9 Å². The lowest BCUT2D eigenvalue weighted by Crippen LogP contribution is -2.19. The lowest BCUT2D eigenvalue weighted by Gasteiger charge is -2.19. The Morgan fingerprint density at radius 1 is 1.05 bits per heavy atom. The van der Waals surface area contributed by atoms with Crippen molar-refractivity contribution in [1.82, 2.24) is 0 Å². The molecule has 0 saturated carbocycles. The molecule has 1 nitrogen and oxygen atoms in total. The van der Waals surface area contributed by atoms with E-state index < -0.39 is 0 Å². The lowest BCUT2D eigenvalue weighted by molar-refractivity contribution is -0.00471. The first kappa shape index (κ1) is 17.5. The van der Waals surface area contributed by atoms with Crippen LogP contribution in [0.5, 0.6) is 0 Å². The monoisotopic (exact) mass is 315 g/mol. The molecule has 0 aromatic heterocycles. The topological polar surface area (TPSA) is 9.23 Å². The molecular weight excluding hydrogens is 284 g/mol. The molecule has 1 atom stereocenters. The molecule has 1 unspecified atom stereocenters. The summed E-state index contributed by atoms with van der Waals surface area (Å²) in [5, 5.41) is 0. The van der Waals surface area contributed by atoms with Crippen LogP contribution in [0.2, 0.25) is 12.6 Å². The van der Waals surface area contributed by atoms with Crippen LogP contribution in [0.15, 0.2) is 30.3 Å². The summed E-state index contributed by atoms with van der Waals surface area (Å²) in [6.45, 7) is 9.81. The zero-order valence-corrected chi connectivity index (χ0v) is 15.7. The van der Waals surface area contributed by atoms with Gasteiger partial charge in [-0.25, -0.2) is 0 Å². The molecule has 1 aromatic carbocycles. The molecule has 0 bridgehead atoms. The van der Waals surface area contributed by atoms with Crippen molar-refractivity contribution in [1.29, 1.82) is 0 Å². The highest BCUT2D eigenvalue weighted by atomic mass is 28.3. The van der Waals surface area contributed by atoms with Crippen molar-refractivity contribution in [3.05, 3.63) is 41.5 Å². The van der Waals surface area contributed by atoms with Gasteiger partial charge in [0.2, 0.25) is 0 Å². The molecule has 0 heterocycles. The smallest absolute Gasteiger partial charge is 0.0598 e. The Labute approximate surface area is 138 Å². The minimum atomic E-state index is -0.313. The number of rotatable bonds is 8. The lowest BCUT2D eigenvalue weighted by atomic mass is 10.1. The van der Waals surface area contributed by atoms with E-state index in [-0.39, 0.29) is 14.4 Å². The summed E-state index contributed by atoms with van der Waals surface area (Å²) >= 11 is 0. The Morgan fingerprint density at radius 3 is 2.55 bits per heavy atom. The summed E-state index contributed by atoms with van der Waals surface area (Å²) in [7, 11) is -0.313. The zero-order chi connectivity index (χ0) is 16.0. The number of benzene rings is 1. The number of hydrogen-bond donors (Lipinski definition) is 0. The molecule has 0 N–H and O–H groups in total. The van der Waals surface area contributed by atoms with E-state index in [1.807, 2.05) is 0 Å². The number of hydrogen-bond acceptors (Lipinski definition) is 1. The second-order valence-electron chi connectivity index (χ2n) is 7.44. The van der Waals surface area contributed by atoms with Crippen LogP contribution in [-0.4, -0.2) is 21.0 Å². The second kappa shape index (κ2) is 8.12. The van der Waals surface area contributed by atoms with Crippen LogP contribution >= 0.6 is 0 Å². The Kier molecular flexibility index (Phi) is 6.46. The first-order valence-electron chi connectivity index (χ1n) is 8.71. The maximum atomic E-state index is 5.77. The Morgan fingerprint density at radius 2 is 1.77 bits per heavy atom. The van der Waals surface area contributed by atoms with E-state index in [0.717, 1.165) is 12.1 Å². The zero-order valence-electron chi connectivity index (χ0n) is 14.7. The molecule has 0 amide bonds. The standard InChI is InChI=1S/C20H31OSi/c1-20(2,3)21-15-9-5-6-10-16-22(4)19-14-13-17-11-7-8-12-18(17)19/h7-8,11-14,19H,5-6,9-10,15-16H2,1-4H3. The second-order valence-corrected chi connectivity index (χ2v) is 10.3. The Bertz CT molecular complexity index is 487. The van der Waals surface area contributed by atoms with Crippen LogP contribution < -0.4 is 0 Å². The third-order valence-electron chi connectivity index (χ3n) is 4.33. The molecule has 22 heavy (non-hydrogen) atoms. The average molecular weight is 316 g/mol. The molecule has 2 rings (SSSR count). The van der Waals surface area contributed by atoms with E-state index in [1.165, 1.54) is 37.3 Å². The van der Waals surface area contributed by atoms with E-state index >= 15 is 0 Å². The maximum Gasteiger partial charge on any atom is 0.0598 e. The van der Waals surface area contributed by atoms with Gasteiger partial charge in [0.1, 0.15) is 0 Å². The predicted molar refractivity (Wildman–Crippen MR) is 98.8 cm³/mol. The summed E-state index contributed by atoms with van der Waals surface area (Å²) < 4.78 is 5.77. The van der Waals surface area contributed by atoms with Crippen molar-refractivity contribution in [2.45, 2.75) is 70.2 Å². The highest BCUT2D eigenvalue weighted by molar-refractivity contribution is 6.60. The quantitative estimate of drug-likeness (QED) is 0.433. The van der Waals surface area contributed by atoms with Crippen molar-refractivity contribution in [2.24, 2.45) is 0 Å². The number of allylic oxidation sites excluding steroid dienone is 1. The van der Waals surface area contributed by atoms with Crippen molar-refractivity contribution in [3.63, 3.8) is 0 Å². The van der Waals surface area contributed by atoms with E-state index in [0.29, 0.717) is 0 Å². The predicted octanol–water partition coefficient (Wildman–Crippen LogP) is 5.84. The molecule has 0 saturated heterocycles. The maximum absolute atomic E-state index is 5.77. The molecule has 1 aliphatic carbocycles. The van der Waals surface area contributed by atoms with Gasteiger partial charge in [0, 0.05) is 6.61 Å². The van der Waals surface area contributed by atoms with E-state index in [9.17, 15) is 0 Å². The molecule has 0 fully saturated rings. The van der Waals surface area contributed by atoms with Crippen molar-refractivity contribution >= 4 is 14.9 Å². The molecular formula is C20H31OSi. The fourth-order valence-electron chi connectivity index (χ4n) is 3.07. The molecule has 0 aliphatic heterocycles. The fraction of sp³-hybridized carbons (Fsp3) is 0.600. The van der Waals surface area contributed by atoms with Gasteiger partial charge in [0.05, 0.1) is 14.4 Å². The van der Waals surface area contributed by atoms with E-state index in [1.54, 1.807) is 5.56 Å². The van der Waals surface area contributed by atoms with Crippen LogP contribution in [-0.2, 0) is 4.74 Å². The van der Waals surface area contributed by atoms with E-state index in [4.69, 9.17) is 4.74 Å². The van der Waals surface area contributed by atoms with Crippen LogP contribution in [0.1, 0.15) is 63.1 Å². The van der Waals surface area contributed by atoms with Gasteiger partial charge in [0.25, 0.3) is 0 Å². The normalized spacial score (nSPS) is 17.2. The van der Waals surface area contributed by atoms with Gasteiger partial charge >= 0.3 is 0 Å². The van der Waals surface area contributed by atoms with Crippen molar-refractivity contribution in [3.8, 4) is 0 Å². The average Bonchev–Trinajstić information content (AvgIpc) is 2.89. The van der Waals surface area contributed by atoms with Gasteiger partial charge in [0.15, 0.2) is 0 Å². The number of ether oxygens (including phenoxy) is 1. The minimum Gasteiger partial charge on any atom is -0.376 e. The van der Waals surface area contributed by atoms with Gasteiger partial charge in [-0.2, -0.15) is 0 Å². The summed E-state index contributed by atoms with van der Waals surface area (Å²) in [4.78, 5) is 0. The van der Waals surface area contributed by atoms with E-state index in [2.05, 4.69) is 63.7 Å². The highest BCUT2D eigenvalue weighted by Crippen LogP contribution is 2.33. The first-order chi connectivity index (χ1) is 10.5. The Hall–Kier alpha value is -0.863. The van der Waals surface area contributed by atoms with Crippen LogP contribution in [0.25, 0.3) is 6.08 Å². The molecule has 1 aliphatic rings. The molecule has 0 spiro atoms. The Balaban J connectivity index is 1.61. The van der Waals surface area contributed by atoms with Gasteiger partial charge < -0.3 is 4.74 Å². The van der Waals surface area contributed by atoms with Crippen molar-refractivity contribution in [2.75, 3.05) is 6.61 Å². The SMILES string of the molecule is C[Si](CCCCCCOC(C)(C)C)C1C=Cc2ccccc21. The summed E-state index contributed by atoms with van der Waals surface area (Å²) in [5.74, 6) is 0. The van der Waals surface area contributed by atoms with Crippen LogP contribution in [0.4, 0.5) is 0 Å². The molecule has 1 radical (unpaired) electrons. The third-order valence-corrected chi connectivity index (χ3v) is 7.04. The van der Waals surface area contributed by atoms with Crippen LogP contribution in [0.3, 0.4) is 0 Å². The third kappa shape index (κ3) is 5.40. The molecule has 2 heteroatoms. The fourth-order valence-corrected chi connectivity index (χ4v) is 5.41. The first-order valence-corrected chi connectivity index (χ1v) is 11.0. The summed E-state index contributed by atoms with van der Waals surface area (Å²) in [5.41, 5.74) is 3.75. The summed E-state index contributed by atoms with van der Waals surface area (Å²) in [6.07, 6.45) is 10.0. The largest absolute Gasteiger partial charge is 0.376 e. The van der Waals surface area contributed by atoms with Crippen molar-refractivity contribution < 1.29 is 4.74 Å². The highest BCUT2D eigenvalue weighted by Gasteiger charge is 2.23. The van der Waals surface area contributed by atoms with Gasteiger partial charge in [-0.1, -0.05) is 68.3 Å². The van der Waals surface area contributed by atoms with Gasteiger partial charge in [-0.3, -0.25) is 0 Å². The summed E-state index contributed by atoms with van der Waals surface area (Å²) in [6, 6.07) is 10.3. The minimum absolute atomic E-state index is 0.0157. The number of fused-ring (bicyclic) bond motifs is 1. The number of unbranched alkanes of at least 4 members (excludes halogenated alkanes) is 3. The molecule has 1 aromatic rings. The van der Waals surface area contributed by atoms with Gasteiger partial charge in [-0.15, -0.1) is 0 Å². The molecule has 121 valence electrons.